The zero-order valence-corrected chi connectivity index (χ0v) is 12.4. The van der Waals surface area contributed by atoms with E-state index in [1.165, 1.54) is 11.8 Å². The predicted octanol–water partition coefficient (Wildman–Crippen LogP) is 2.73. The van der Waals surface area contributed by atoms with Gasteiger partial charge >= 0.3 is 0 Å². The Morgan fingerprint density at radius 2 is 2.00 bits per heavy atom. The third kappa shape index (κ3) is 4.30. The Labute approximate surface area is 114 Å². The van der Waals surface area contributed by atoms with Crippen LogP contribution >= 0.6 is 11.8 Å². The first kappa shape index (κ1) is 15.5. The first-order chi connectivity index (χ1) is 8.51. The molecule has 0 aliphatic heterocycles. The minimum absolute atomic E-state index is 0.123. The Morgan fingerprint density at radius 3 is 2.61 bits per heavy atom. The van der Waals surface area contributed by atoms with Gasteiger partial charge in [0, 0.05) is 16.8 Å². The summed E-state index contributed by atoms with van der Waals surface area (Å²) >= 11 is 1.51. The summed E-state index contributed by atoms with van der Waals surface area (Å²) in [6.45, 7) is 3.98. The number of benzene rings is 1. The van der Waals surface area contributed by atoms with Gasteiger partial charge in [-0.2, -0.15) is 0 Å². The summed E-state index contributed by atoms with van der Waals surface area (Å²) in [6, 6.07) is 7.10. The maximum Gasteiger partial charge on any atom is 0.179 e. The van der Waals surface area contributed by atoms with Gasteiger partial charge in [-0.25, -0.2) is 8.42 Å². The van der Waals surface area contributed by atoms with Crippen molar-refractivity contribution in [1.82, 2.24) is 0 Å². The predicted molar refractivity (Wildman–Crippen MR) is 75.8 cm³/mol. The van der Waals surface area contributed by atoms with E-state index >= 15 is 0 Å². The van der Waals surface area contributed by atoms with Gasteiger partial charge in [0.05, 0.1) is 10.6 Å². The van der Waals surface area contributed by atoms with Crippen molar-refractivity contribution < 1.29 is 13.5 Å². The van der Waals surface area contributed by atoms with Crippen LogP contribution in [0.3, 0.4) is 0 Å². The molecule has 0 heterocycles. The summed E-state index contributed by atoms with van der Waals surface area (Å²) < 4.78 is 24.3. The van der Waals surface area contributed by atoms with Crippen LogP contribution in [0.2, 0.25) is 0 Å². The topological polar surface area (TPSA) is 54.4 Å². The van der Waals surface area contributed by atoms with Gasteiger partial charge in [-0.05, 0) is 25.0 Å². The van der Waals surface area contributed by atoms with Crippen molar-refractivity contribution >= 4 is 21.6 Å². The van der Waals surface area contributed by atoms with E-state index in [0.717, 1.165) is 4.90 Å². The van der Waals surface area contributed by atoms with Crippen LogP contribution in [-0.2, 0) is 9.84 Å². The lowest BCUT2D eigenvalue weighted by Gasteiger charge is -2.13. The molecule has 0 amide bonds. The fourth-order valence-electron chi connectivity index (χ4n) is 1.64. The van der Waals surface area contributed by atoms with Crippen LogP contribution in [0, 0.1) is 0 Å². The summed E-state index contributed by atoms with van der Waals surface area (Å²) in [5.41, 5.74) is 0. The van der Waals surface area contributed by atoms with Crippen molar-refractivity contribution in [1.29, 1.82) is 0 Å². The molecule has 18 heavy (non-hydrogen) atoms. The van der Waals surface area contributed by atoms with Gasteiger partial charge in [0.1, 0.15) is 0 Å². The van der Waals surface area contributed by atoms with Gasteiger partial charge in [-0.15, -0.1) is 11.8 Å². The molecule has 1 atom stereocenters. The molecule has 1 N–H and O–H groups in total. The number of aliphatic hydroxyl groups is 1. The SMILES string of the molecule is CCCS(=O)(=O)c1ccccc1SC(C)CCO. The van der Waals surface area contributed by atoms with E-state index in [9.17, 15) is 8.42 Å². The van der Waals surface area contributed by atoms with E-state index in [0.29, 0.717) is 17.7 Å². The number of thioether (sulfide) groups is 1. The number of hydrogen-bond acceptors (Lipinski definition) is 4. The highest BCUT2D eigenvalue weighted by atomic mass is 32.2. The molecule has 1 rings (SSSR count). The summed E-state index contributed by atoms with van der Waals surface area (Å²) in [5.74, 6) is 0.180. The summed E-state index contributed by atoms with van der Waals surface area (Å²) in [7, 11) is -3.18. The second-order valence-corrected chi connectivity index (χ2v) is 7.76. The fraction of sp³-hybridized carbons (Fsp3) is 0.538. The van der Waals surface area contributed by atoms with E-state index in [1.54, 1.807) is 12.1 Å². The van der Waals surface area contributed by atoms with E-state index in [-0.39, 0.29) is 17.6 Å². The van der Waals surface area contributed by atoms with Crippen molar-refractivity contribution in [3.05, 3.63) is 24.3 Å². The third-order valence-corrected chi connectivity index (χ3v) is 5.87. The van der Waals surface area contributed by atoms with E-state index < -0.39 is 9.84 Å². The van der Waals surface area contributed by atoms with Gasteiger partial charge in [0.15, 0.2) is 9.84 Å². The highest BCUT2D eigenvalue weighted by Gasteiger charge is 2.18. The lowest BCUT2D eigenvalue weighted by atomic mass is 10.3. The second-order valence-electron chi connectivity index (χ2n) is 4.21. The first-order valence-corrected chi connectivity index (χ1v) is 8.63. The minimum Gasteiger partial charge on any atom is -0.396 e. The van der Waals surface area contributed by atoms with Crippen LogP contribution in [0.4, 0.5) is 0 Å². The summed E-state index contributed by atoms with van der Waals surface area (Å²) in [5, 5.41) is 9.10. The molecule has 5 heteroatoms. The normalized spacial score (nSPS) is 13.5. The van der Waals surface area contributed by atoms with Crippen molar-refractivity contribution in [2.75, 3.05) is 12.4 Å². The second kappa shape index (κ2) is 7.16. The van der Waals surface area contributed by atoms with Gasteiger partial charge in [0.25, 0.3) is 0 Å². The smallest absolute Gasteiger partial charge is 0.179 e. The molecular formula is C13H20O3S2. The minimum atomic E-state index is -3.18. The Balaban J connectivity index is 3.00. The molecule has 0 saturated heterocycles. The Bertz CT molecular complexity index is 469. The maximum absolute atomic E-state index is 12.1. The molecule has 3 nitrogen and oxygen atoms in total. The molecule has 1 aromatic carbocycles. The average molecular weight is 288 g/mol. The zero-order chi connectivity index (χ0) is 13.6. The molecule has 0 aliphatic carbocycles. The molecule has 1 aromatic rings. The van der Waals surface area contributed by atoms with Gasteiger partial charge < -0.3 is 5.11 Å². The molecule has 0 radical (unpaired) electrons. The molecule has 0 aromatic heterocycles. The molecule has 0 bridgehead atoms. The first-order valence-electron chi connectivity index (χ1n) is 6.10. The van der Waals surface area contributed by atoms with Crippen LogP contribution in [0.15, 0.2) is 34.1 Å². The number of rotatable bonds is 7. The Kier molecular flexibility index (Phi) is 6.18. The van der Waals surface area contributed by atoms with E-state index in [4.69, 9.17) is 5.11 Å². The van der Waals surface area contributed by atoms with Crippen LogP contribution in [0.1, 0.15) is 26.7 Å². The third-order valence-electron chi connectivity index (χ3n) is 2.52. The summed E-state index contributed by atoms with van der Waals surface area (Å²) in [4.78, 5) is 1.20. The largest absolute Gasteiger partial charge is 0.396 e. The van der Waals surface area contributed by atoms with Gasteiger partial charge in [-0.3, -0.25) is 0 Å². The zero-order valence-electron chi connectivity index (χ0n) is 10.8. The van der Waals surface area contributed by atoms with Crippen molar-refractivity contribution in [2.24, 2.45) is 0 Å². The van der Waals surface area contributed by atoms with Crippen LogP contribution < -0.4 is 0 Å². The molecule has 102 valence electrons. The Hall–Kier alpha value is -0.520. The van der Waals surface area contributed by atoms with Crippen molar-refractivity contribution in [3.8, 4) is 0 Å². The molecule has 0 aliphatic rings. The van der Waals surface area contributed by atoms with Crippen molar-refractivity contribution in [2.45, 2.75) is 41.7 Å². The number of sulfone groups is 1. The Morgan fingerprint density at radius 1 is 1.33 bits per heavy atom. The van der Waals surface area contributed by atoms with Gasteiger partial charge in [-0.1, -0.05) is 26.0 Å². The standard InChI is InChI=1S/C13H20O3S2/c1-3-10-18(15,16)13-7-5-4-6-12(13)17-11(2)8-9-14/h4-7,11,14H,3,8-10H2,1-2H3. The fourth-order valence-corrected chi connectivity index (χ4v) is 4.58. The number of hydrogen-bond donors (Lipinski definition) is 1. The molecule has 1 unspecified atom stereocenters. The molecule has 0 spiro atoms. The number of aliphatic hydroxyl groups excluding tert-OH is 1. The highest BCUT2D eigenvalue weighted by Crippen LogP contribution is 2.31. The lowest BCUT2D eigenvalue weighted by molar-refractivity contribution is 0.289. The monoisotopic (exact) mass is 288 g/mol. The highest BCUT2D eigenvalue weighted by molar-refractivity contribution is 8.00. The summed E-state index contributed by atoms with van der Waals surface area (Å²) in [6.07, 6.45) is 1.28. The van der Waals surface area contributed by atoms with Crippen molar-refractivity contribution in [3.63, 3.8) is 0 Å². The van der Waals surface area contributed by atoms with E-state index in [2.05, 4.69) is 0 Å². The maximum atomic E-state index is 12.1. The lowest BCUT2D eigenvalue weighted by Crippen LogP contribution is -2.08. The van der Waals surface area contributed by atoms with Crippen LogP contribution in [0.25, 0.3) is 0 Å². The van der Waals surface area contributed by atoms with Gasteiger partial charge in [0.2, 0.25) is 0 Å². The average Bonchev–Trinajstić information content (AvgIpc) is 2.29. The van der Waals surface area contributed by atoms with E-state index in [1.807, 2.05) is 26.0 Å². The quantitative estimate of drug-likeness (QED) is 0.784. The van der Waals surface area contributed by atoms with Crippen LogP contribution in [0.5, 0.6) is 0 Å². The molecular weight excluding hydrogens is 268 g/mol. The molecule has 0 fully saturated rings. The van der Waals surface area contributed by atoms with Crippen LogP contribution in [-0.4, -0.2) is 31.1 Å². The molecule has 0 saturated carbocycles.